The minimum Gasteiger partial charge on any atom is -0.309 e. The van der Waals surface area contributed by atoms with Crippen molar-refractivity contribution in [2.75, 3.05) is 0 Å². The second kappa shape index (κ2) is 17.6. The summed E-state index contributed by atoms with van der Waals surface area (Å²) in [5, 5.41) is 44.7. The van der Waals surface area contributed by atoms with Crippen LogP contribution >= 0.6 is 0 Å². The van der Waals surface area contributed by atoms with Crippen molar-refractivity contribution >= 4 is 143 Å². The van der Waals surface area contributed by atoms with Gasteiger partial charge in [-0.25, -0.2) is 9.69 Å². The van der Waals surface area contributed by atoms with Crippen LogP contribution in [0.15, 0.2) is 231 Å². The predicted molar refractivity (Wildman–Crippen MR) is 361 cm³/mol. The molecule has 402 valence electrons. The normalized spacial score (nSPS) is 12.2. The Balaban J connectivity index is 1.07. The fourth-order valence-corrected chi connectivity index (χ4v) is 15.8. The van der Waals surface area contributed by atoms with Gasteiger partial charge in [-0.05, 0) is 154 Å². The molecule has 0 radical (unpaired) electrons. The van der Waals surface area contributed by atoms with E-state index in [2.05, 4.69) is 192 Å². The van der Waals surface area contributed by atoms with Gasteiger partial charge in [0.2, 0.25) is 6.71 Å². The van der Waals surface area contributed by atoms with Gasteiger partial charge in [-0.2, -0.15) is 15.8 Å². The Bertz CT molecular complexity index is 6000. The summed E-state index contributed by atoms with van der Waals surface area (Å²) in [6.07, 6.45) is 0. The molecule has 0 N–H and O–H groups in total. The van der Waals surface area contributed by atoms with Crippen molar-refractivity contribution in [3.8, 4) is 63.2 Å². The summed E-state index contributed by atoms with van der Waals surface area (Å²) in [6.45, 7) is 15.5. The van der Waals surface area contributed by atoms with Gasteiger partial charge in [-0.15, -0.1) is 0 Å². The summed E-state index contributed by atoms with van der Waals surface area (Å²) in [4.78, 5) is 7.59. The molecule has 13 aromatic carbocycles. The molecule has 9 nitrogen and oxygen atoms in total. The maximum Gasteiger partial charge on any atom is 0.244 e. The lowest BCUT2D eigenvalue weighted by Gasteiger charge is -2.35. The highest BCUT2D eigenvalue weighted by atomic mass is 15.0. The van der Waals surface area contributed by atoms with E-state index in [1.165, 1.54) is 0 Å². The lowest BCUT2D eigenvalue weighted by Crippen LogP contribution is -2.57. The number of benzene rings is 13. The Morgan fingerprint density at radius 2 is 0.663 bits per heavy atom. The van der Waals surface area contributed by atoms with Crippen molar-refractivity contribution in [3.05, 3.63) is 270 Å². The molecule has 6 heterocycles. The number of fused-ring (bicyclic) bond motifs is 20. The summed E-state index contributed by atoms with van der Waals surface area (Å²) in [7, 11) is 0. The zero-order chi connectivity index (χ0) is 59.1. The Morgan fingerprint density at radius 3 is 1.04 bits per heavy atom. The first-order valence-electron chi connectivity index (χ1n) is 29.4. The van der Waals surface area contributed by atoms with Crippen LogP contribution in [-0.2, 0) is 0 Å². The van der Waals surface area contributed by atoms with Crippen molar-refractivity contribution in [3.63, 3.8) is 0 Å². The maximum absolute atomic E-state index is 11.7. The molecule has 0 unspecified atom stereocenters. The van der Waals surface area contributed by atoms with Crippen molar-refractivity contribution in [2.24, 2.45) is 0 Å². The summed E-state index contributed by atoms with van der Waals surface area (Å²) in [5.41, 5.74) is 22.2. The molecule has 0 spiro atoms. The molecule has 4 aromatic heterocycles. The fraction of sp³-hybridized carbons (Fsp3) is 0. The van der Waals surface area contributed by atoms with Gasteiger partial charge >= 0.3 is 0 Å². The standard InChI is InChI=1S/C79H38BN9/c1-84-47-23-31-50(32-24-47)87-68-18-10-6-14-56(68)74-70(87)40-62-72-64(38-58-54-12-4-8-16-66(54)89(79(58)62)52-33-25-48(85-2)26-34-52)80-63-37-57-53-11-3-7-15-65(53)88(51-29-21-45(42-82)22-30-51)78(57)61-39-69-73(75(71(61)63)59-35-46(43-83)36-60(76(72)74)77(59)80)55-13-5-9-17-67(55)86(69)49-27-19-44(41-81)20-28-49/h3-40H. The number of aromatic nitrogens is 4. The lowest BCUT2D eigenvalue weighted by molar-refractivity contribution is 1.18. The SMILES string of the molecule is [C-]#[N+]c1ccc(-n2c3ccccc3c3c4c5c(cc6c7ccccc7n(-c7ccc([N+]#[C-])cc7)c6c5cc32)B2c3c(cc(C#N)cc3-4)-c3c4c2cc2c5ccccc5n(-c5ccc(C#N)cc5)c2c4cc2c3c3ccccc3n2-c2ccc(C#N)cc2)cc1. The molecule has 89 heavy (non-hydrogen) atoms. The Morgan fingerprint density at radius 1 is 0.315 bits per heavy atom. The van der Waals surface area contributed by atoms with E-state index in [-0.39, 0.29) is 6.71 Å². The quantitative estimate of drug-likeness (QED) is 0.130. The van der Waals surface area contributed by atoms with Gasteiger partial charge in [0.1, 0.15) is 0 Å². The third-order valence-electron chi connectivity index (χ3n) is 19.2. The van der Waals surface area contributed by atoms with E-state index in [0.29, 0.717) is 28.1 Å². The number of nitrogens with zero attached hydrogens (tertiary/aromatic N) is 9. The third-order valence-corrected chi connectivity index (χ3v) is 19.2. The molecule has 0 aliphatic carbocycles. The van der Waals surface area contributed by atoms with Gasteiger partial charge in [0.15, 0.2) is 11.4 Å². The first-order valence-corrected chi connectivity index (χ1v) is 29.4. The van der Waals surface area contributed by atoms with E-state index in [9.17, 15) is 15.8 Å². The predicted octanol–water partition coefficient (Wildman–Crippen LogP) is 17.6. The number of hydrogen-bond donors (Lipinski definition) is 0. The van der Waals surface area contributed by atoms with Crippen LogP contribution in [0.3, 0.4) is 0 Å². The molecule has 2 aliphatic rings. The molecule has 0 bridgehead atoms. The van der Waals surface area contributed by atoms with Gasteiger partial charge in [0.25, 0.3) is 0 Å². The number of nitriles is 3. The Kier molecular flexibility index (Phi) is 9.58. The van der Waals surface area contributed by atoms with Crippen molar-refractivity contribution in [1.29, 1.82) is 15.8 Å². The highest BCUT2D eigenvalue weighted by molar-refractivity contribution is 7.02. The molecule has 10 heteroatoms. The zero-order valence-corrected chi connectivity index (χ0v) is 47.0. The van der Waals surface area contributed by atoms with E-state index in [4.69, 9.17) is 13.1 Å². The Hall–Kier alpha value is -12.9. The highest BCUT2D eigenvalue weighted by Crippen LogP contribution is 2.53. The zero-order valence-electron chi connectivity index (χ0n) is 47.0. The van der Waals surface area contributed by atoms with E-state index in [1.54, 1.807) is 0 Å². The summed E-state index contributed by atoms with van der Waals surface area (Å²) >= 11 is 0. The van der Waals surface area contributed by atoms with Gasteiger partial charge in [-0.1, -0.05) is 126 Å². The minimum absolute atomic E-state index is 0.347. The molecule has 0 fully saturated rings. The van der Waals surface area contributed by atoms with Crippen LogP contribution in [0, 0.1) is 47.1 Å². The van der Waals surface area contributed by atoms with E-state index in [0.717, 1.165) is 170 Å². The number of hydrogen-bond acceptors (Lipinski definition) is 3. The van der Waals surface area contributed by atoms with Crippen molar-refractivity contribution in [2.45, 2.75) is 0 Å². The largest absolute Gasteiger partial charge is 0.309 e. The summed E-state index contributed by atoms with van der Waals surface area (Å²) < 4.78 is 9.41. The summed E-state index contributed by atoms with van der Waals surface area (Å²) in [5.74, 6) is 0. The van der Waals surface area contributed by atoms with Crippen LogP contribution in [0.4, 0.5) is 11.4 Å². The lowest BCUT2D eigenvalue weighted by atomic mass is 9.30. The average Bonchev–Trinajstić information content (AvgIpc) is 1.65. The topological polar surface area (TPSA) is 99.8 Å². The number of rotatable bonds is 4. The van der Waals surface area contributed by atoms with Crippen LogP contribution in [-0.4, -0.2) is 25.0 Å². The van der Waals surface area contributed by atoms with Gasteiger partial charge in [0.05, 0.1) is 92.2 Å². The Labute approximate surface area is 507 Å². The van der Waals surface area contributed by atoms with Crippen LogP contribution in [0.1, 0.15) is 16.7 Å². The first kappa shape index (κ1) is 48.5. The second-order valence-electron chi connectivity index (χ2n) is 23.4. The monoisotopic (exact) mass is 1120 g/mol. The first-order chi connectivity index (χ1) is 43.9. The van der Waals surface area contributed by atoms with E-state index < -0.39 is 0 Å². The fourth-order valence-electron chi connectivity index (χ4n) is 15.8. The molecule has 17 aromatic rings. The van der Waals surface area contributed by atoms with Gasteiger partial charge < -0.3 is 18.3 Å². The molecule has 0 atom stereocenters. The van der Waals surface area contributed by atoms with E-state index in [1.807, 2.05) is 84.9 Å². The van der Waals surface area contributed by atoms with Crippen LogP contribution in [0.2, 0.25) is 0 Å². The van der Waals surface area contributed by atoms with Gasteiger partial charge in [-0.3, -0.25) is 0 Å². The van der Waals surface area contributed by atoms with Crippen LogP contribution in [0.25, 0.3) is 163 Å². The third kappa shape index (κ3) is 6.26. The second-order valence-corrected chi connectivity index (χ2v) is 23.4. The van der Waals surface area contributed by atoms with Crippen molar-refractivity contribution < 1.29 is 0 Å². The molecular formula is C79H38BN9. The summed E-state index contributed by atoms with van der Waals surface area (Å²) in [6, 6.07) is 87.4. The van der Waals surface area contributed by atoms with Crippen LogP contribution in [0.5, 0.6) is 0 Å². The number of para-hydroxylation sites is 4. The van der Waals surface area contributed by atoms with Gasteiger partial charge in [0, 0.05) is 76.6 Å². The van der Waals surface area contributed by atoms with E-state index >= 15 is 0 Å². The molecule has 0 amide bonds. The maximum atomic E-state index is 11.7. The molecular weight excluding hydrogens is 1090 g/mol. The smallest absolute Gasteiger partial charge is 0.244 e. The molecule has 19 rings (SSSR count). The highest BCUT2D eigenvalue weighted by Gasteiger charge is 2.43. The molecule has 0 saturated heterocycles. The molecule has 0 saturated carbocycles. The minimum atomic E-state index is -0.347. The average molecular weight is 1120 g/mol. The van der Waals surface area contributed by atoms with Crippen molar-refractivity contribution in [1.82, 2.24) is 18.3 Å². The molecule has 2 aliphatic heterocycles. The van der Waals surface area contributed by atoms with Crippen LogP contribution < -0.4 is 16.4 Å².